The summed E-state index contributed by atoms with van der Waals surface area (Å²) < 4.78 is 5.98. The molecule has 0 amide bonds. The van der Waals surface area contributed by atoms with Crippen LogP contribution >= 0.6 is 11.3 Å². The van der Waals surface area contributed by atoms with Gasteiger partial charge in [0.15, 0.2) is 0 Å². The molecule has 102 valence electrons. The van der Waals surface area contributed by atoms with E-state index in [1.807, 2.05) is 18.4 Å². The lowest BCUT2D eigenvalue weighted by Crippen LogP contribution is -2.49. The van der Waals surface area contributed by atoms with Gasteiger partial charge in [-0.2, -0.15) is 0 Å². The van der Waals surface area contributed by atoms with Crippen LogP contribution in [-0.4, -0.2) is 43.8 Å². The topological polar surface area (TPSA) is 24.5 Å². The molecule has 0 aromatic carbocycles. The number of rotatable bonds is 4. The van der Waals surface area contributed by atoms with Crippen molar-refractivity contribution in [2.75, 3.05) is 26.7 Å². The molecular weight excluding hydrogens is 244 g/mol. The molecule has 0 saturated carbocycles. The summed E-state index contributed by atoms with van der Waals surface area (Å²) in [5, 5.41) is 5.66. The van der Waals surface area contributed by atoms with Crippen LogP contribution in [-0.2, 0) is 4.74 Å². The monoisotopic (exact) mass is 268 g/mol. The van der Waals surface area contributed by atoms with Crippen molar-refractivity contribution in [2.45, 2.75) is 39.0 Å². The molecule has 18 heavy (non-hydrogen) atoms. The Hall–Kier alpha value is -0.420. The molecular formula is C14H24N2OS. The van der Waals surface area contributed by atoms with E-state index in [2.05, 4.69) is 42.4 Å². The predicted octanol–water partition coefficient (Wildman–Crippen LogP) is 2.43. The third-order valence-corrected chi connectivity index (χ3v) is 4.53. The van der Waals surface area contributed by atoms with Gasteiger partial charge in [0.1, 0.15) is 0 Å². The van der Waals surface area contributed by atoms with Crippen molar-refractivity contribution in [2.24, 2.45) is 0 Å². The highest BCUT2D eigenvalue weighted by atomic mass is 32.1. The van der Waals surface area contributed by atoms with E-state index in [-0.39, 0.29) is 6.10 Å². The van der Waals surface area contributed by atoms with Crippen LogP contribution in [0.5, 0.6) is 0 Å². The largest absolute Gasteiger partial charge is 0.374 e. The van der Waals surface area contributed by atoms with Gasteiger partial charge in [-0.05, 0) is 44.8 Å². The predicted molar refractivity (Wildman–Crippen MR) is 77.3 cm³/mol. The molecule has 1 N–H and O–H groups in total. The lowest BCUT2D eigenvalue weighted by molar-refractivity contribution is -0.0549. The van der Waals surface area contributed by atoms with E-state index < -0.39 is 0 Å². The van der Waals surface area contributed by atoms with E-state index in [9.17, 15) is 0 Å². The number of thiophene rings is 1. The molecule has 1 aromatic heterocycles. The fraction of sp³-hybridized carbons (Fsp3) is 0.714. The lowest BCUT2D eigenvalue weighted by Gasteiger charge is -2.38. The summed E-state index contributed by atoms with van der Waals surface area (Å²) in [6.45, 7) is 9.56. The zero-order chi connectivity index (χ0) is 13.1. The van der Waals surface area contributed by atoms with E-state index in [0.717, 1.165) is 19.7 Å². The summed E-state index contributed by atoms with van der Waals surface area (Å²) in [5.41, 5.74) is 1.36. The van der Waals surface area contributed by atoms with Gasteiger partial charge in [0, 0.05) is 24.0 Å². The van der Waals surface area contributed by atoms with Gasteiger partial charge >= 0.3 is 0 Å². The van der Waals surface area contributed by atoms with Crippen molar-refractivity contribution in [3.8, 4) is 0 Å². The molecule has 1 aliphatic rings. The van der Waals surface area contributed by atoms with Crippen LogP contribution in [0, 0.1) is 6.92 Å². The number of aryl methyl sites for hydroxylation is 1. The smallest absolute Gasteiger partial charge is 0.0897 e. The third-order valence-electron chi connectivity index (χ3n) is 3.65. The second kappa shape index (κ2) is 6.15. The van der Waals surface area contributed by atoms with Crippen molar-refractivity contribution < 1.29 is 4.74 Å². The number of nitrogens with one attached hydrogen (secondary N) is 1. The Bertz CT molecular complexity index is 378. The SMILES string of the molecule is CNC(c1csc(C)c1)C1CN(C(C)C)CCO1. The maximum atomic E-state index is 5.98. The van der Waals surface area contributed by atoms with E-state index in [1.165, 1.54) is 10.4 Å². The minimum Gasteiger partial charge on any atom is -0.374 e. The molecule has 4 heteroatoms. The molecule has 0 bridgehead atoms. The first kappa shape index (κ1) is 14.0. The van der Waals surface area contributed by atoms with Gasteiger partial charge in [-0.15, -0.1) is 11.3 Å². The second-order valence-corrected chi connectivity index (χ2v) is 6.37. The Kier molecular flexibility index (Phi) is 4.78. The second-order valence-electron chi connectivity index (χ2n) is 5.25. The minimum atomic E-state index is 0.250. The van der Waals surface area contributed by atoms with Gasteiger partial charge < -0.3 is 10.1 Å². The highest BCUT2D eigenvalue weighted by Crippen LogP contribution is 2.26. The Balaban J connectivity index is 2.08. The number of hydrogen-bond acceptors (Lipinski definition) is 4. The average Bonchev–Trinajstić information content (AvgIpc) is 2.77. The van der Waals surface area contributed by atoms with Crippen LogP contribution in [0.2, 0.25) is 0 Å². The van der Waals surface area contributed by atoms with Crippen LogP contribution in [0.3, 0.4) is 0 Å². The van der Waals surface area contributed by atoms with Gasteiger partial charge in [-0.25, -0.2) is 0 Å². The van der Waals surface area contributed by atoms with Gasteiger partial charge in [0.05, 0.1) is 18.8 Å². The van der Waals surface area contributed by atoms with Crippen molar-refractivity contribution in [3.05, 3.63) is 21.9 Å². The molecule has 2 rings (SSSR count). The Morgan fingerprint density at radius 3 is 2.83 bits per heavy atom. The van der Waals surface area contributed by atoms with Gasteiger partial charge in [-0.1, -0.05) is 0 Å². The molecule has 3 nitrogen and oxygen atoms in total. The molecule has 0 radical (unpaired) electrons. The van der Waals surface area contributed by atoms with E-state index in [1.54, 1.807) is 0 Å². The summed E-state index contributed by atoms with van der Waals surface area (Å²) in [5.74, 6) is 0. The Labute approximate surface area is 114 Å². The highest BCUT2D eigenvalue weighted by Gasteiger charge is 2.29. The van der Waals surface area contributed by atoms with Crippen LogP contribution in [0.15, 0.2) is 11.4 Å². The molecule has 2 atom stereocenters. The van der Waals surface area contributed by atoms with Crippen LogP contribution < -0.4 is 5.32 Å². The lowest BCUT2D eigenvalue weighted by atomic mass is 10.0. The standard InChI is InChI=1S/C14H24N2OS/c1-10(2)16-5-6-17-13(8-16)14(15-4)12-7-11(3)18-9-12/h7,9-10,13-15H,5-6,8H2,1-4H3. The molecule has 0 spiro atoms. The zero-order valence-corrected chi connectivity index (χ0v) is 12.6. The minimum absolute atomic E-state index is 0.250. The molecule has 2 heterocycles. The van der Waals surface area contributed by atoms with E-state index in [0.29, 0.717) is 12.1 Å². The summed E-state index contributed by atoms with van der Waals surface area (Å²) in [4.78, 5) is 3.86. The van der Waals surface area contributed by atoms with Crippen molar-refractivity contribution >= 4 is 11.3 Å². The van der Waals surface area contributed by atoms with Crippen LogP contribution in [0.4, 0.5) is 0 Å². The average molecular weight is 268 g/mol. The Morgan fingerprint density at radius 2 is 2.28 bits per heavy atom. The number of likely N-dealkylation sites (N-methyl/N-ethyl adjacent to an activating group) is 1. The molecule has 1 aromatic rings. The maximum Gasteiger partial charge on any atom is 0.0897 e. The number of morpholine rings is 1. The maximum absolute atomic E-state index is 5.98. The first-order valence-corrected chi connectivity index (χ1v) is 7.57. The molecule has 1 fully saturated rings. The van der Waals surface area contributed by atoms with Crippen LogP contribution in [0.1, 0.15) is 30.3 Å². The van der Waals surface area contributed by atoms with Crippen molar-refractivity contribution in [3.63, 3.8) is 0 Å². The summed E-state index contributed by atoms with van der Waals surface area (Å²) in [6.07, 6.45) is 0.250. The molecule has 0 aliphatic carbocycles. The van der Waals surface area contributed by atoms with Crippen LogP contribution in [0.25, 0.3) is 0 Å². The first-order chi connectivity index (χ1) is 8.61. The van der Waals surface area contributed by atoms with E-state index >= 15 is 0 Å². The molecule has 2 unspecified atom stereocenters. The summed E-state index contributed by atoms with van der Waals surface area (Å²) >= 11 is 1.81. The third kappa shape index (κ3) is 3.12. The quantitative estimate of drug-likeness (QED) is 0.907. The Morgan fingerprint density at radius 1 is 1.50 bits per heavy atom. The normalized spacial score (nSPS) is 23.5. The van der Waals surface area contributed by atoms with Crippen molar-refractivity contribution in [1.82, 2.24) is 10.2 Å². The van der Waals surface area contributed by atoms with Gasteiger partial charge in [0.25, 0.3) is 0 Å². The molecule has 1 saturated heterocycles. The van der Waals surface area contributed by atoms with Crippen molar-refractivity contribution in [1.29, 1.82) is 0 Å². The molecule has 1 aliphatic heterocycles. The summed E-state index contributed by atoms with van der Waals surface area (Å²) in [6, 6.07) is 3.17. The van der Waals surface area contributed by atoms with Gasteiger partial charge in [-0.3, -0.25) is 4.90 Å². The fourth-order valence-corrected chi connectivity index (χ4v) is 3.30. The number of hydrogen-bond donors (Lipinski definition) is 1. The van der Waals surface area contributed by atoms with E-state index in [4.69, 9.17) is 4.74 Å². The first-order valence-electron chi connectivity index (χ1n) is 6.69. The number of nitrogens with zero attached hydrogens (tertiary/aromatic N) is 1. The zero-order valence-electron chi connectivity index (χ0n) is 11.8. The fourth-order valence-electron chi connectivity index (χ4n) is 2.56. The number of ether oxygens (including phenoxy) is 1. The summed E-state index contributed by atoms with van der Waals surface area (Å²) in [7, 11) is 2.02. The highest BCUT2D eigenvalue weighted by molar-refractivity contribution is 7.10. The van der Waals surface area contributed by atoms with Gasteiger partial charge in [0.2, 0.25) is 0 Å².